The number of carbonyl (C=O) groups excluding carboxylic acids is 1. The fourth-order valence-corrected chi connectivity index (χ4v) is 1.02. The third-order valence-electron chi connectivity index (χ3n) is 1.81. The number of esters is 1. The first kappa shape index (κ1) is 11.1. The van der Waals surface area contributed by atoms with Crippen molar-refractivity contribution >= 4 is 12.0 Å². The van der Waals surface area contributed by atoms with E-state index in [1.165, 1.54) is 13.2 Å². The van der Waals surface area contributed by atoms with Crippen LogP contribution in [-0.4, -0.2) is 25.3 Å². The molecule has 0 saturated carbocycles. The molecule has 0 amide bonds. The summed E-state index contributed by atoms with van der Waals surface area (Å²) in [6, 6.07) is 6.91. The zero-order valence-corrected chi connectivity index (χ0v) is 8.56. The van der Waals surface area contributed by atoms with Gasteiger partial charge >= 0.3 is 5.97 Å². The molecule has 0 saturated heterocycles. The molecular weight excluding hydrogens is 196 g/mol. The molecule has 80 valence electrons. The summed E-state index contributed by atoms with van der Waals surface area (Å²) in [5.41, 5.74) is 0.693. The summed E-state index contributed by atoms with van der Waals surface area (Å²) in [4.78, 5) is 10.9. The van der Waals surface area contributed by atoms with Gasteiger partial charge in [-0.05, 0) is 23.8 Å². The maximum Gasteiger partial charge on any atom is 0.373 e. The zero-order valence-electron chi connectivity index (χ0n) is 8.56. The summed E-state index contributed by atoms with van der Waals surface area (Å²) in [5.74, 6) is -0.474. The van der Waals surface area contributed by atoms with Crippen molar-refractivity contribution in [1.82, 2.24) is 0 Å². The summed E-state index contributed by atoms with van der Waals surface area (Å²) in [6.07, 6.45) is 1.32. The molecule has 4 nitrogen and oxygen atoms in total. The van der Waals surface area contributed by atoms with E-state index in [0.717, 1.165) is 0 Å². The molecule has 1 rings (SSSR count). The summed E-state index contributed by atoms with van der Waals surface area (Å²) < 4.78 is 9.32. The van der Waals surface area contributed by atoms with Crippen LogP contribution in [0.15, 0.2) is 30.0 Å². The van der Waals surface area contributed by atoms with E-state index in [1.54, 1.807) is 31.4 Å². The molecule has 0 heterocycles. The lowest BCUT2D eigenvalue weighted by Gasteiger charge is -2.00. The molecule has 0 aliphatic heterocycles. The number of ether oxygens (including phenoxy) is 2. The second kappa shape index (κ2) is 5.05. The molecule has 4 heteroatoms. The van der Waals surface area contributed by atoms with Gasteiger partial charge in [0.25, 0.3) is 0 Å². The van der Waals surface area contributed by atoms with Crippen molar-refractivity contribution in [3.63, 3.8) is 0 Å². The maximum atomic E-state index is 10.9. The first-order chi connectivity index (χ1) is 7.17. The first-order valence-electron chi connectivity index (χ1n) is 4.30. The van der Waals surface area contributed by atoms with Crippen molar-refractivity contribution in [2.75, 3.05) is 14.2 Å². The van der Waals surface area contributed by atoms with Crippen molar-refractivity contribution in [2.45, 2.75) is 0 Å². The molecule has 0 aliphatic rings. The standard InChI is InChI=1S/C11H12O4/c1-14-9-5-3-8(4-6-9)7-10(12)11(13)15-2/h3-7,12H,1-2H3/b10-7-. The van der Waals surface area contributed by atoms with E-state index in [2.05, 4.69) is 4.74 Å². The van der Waals surface area contributed by atoms with E-state index in [-0.39, 0.29) is 0 Å². The third-order valence-corrected chi connectivity index (χ3v) is 1.81. The van der Waals surface area contributed by atoms with E-state index >= 15 is 0 Å². The van der Waals surface area contributed by atoms with Crippen LogP contribution in [-0.2, 0) is 9.53 Å². The lowest BCUT2D eigenvalue weighted by atomic mass is 10.2. The molecule has 1 N–H and O–H groups in total. The molecule has 0 aliphatic carbocycles. The number of methoxy groups -OCH3 is 2. The minimum absolute atomic E-state index is 0.428. The zero-order chi connectivity index (χ0) is 11.3. The minimum atomic E-state index is -0.759. The Morgan fingerprint density at radius 1 is 1.27 bits per heavy atom. The van der Waals surface area contributed by atoms with Gasteiger partial charge in [0.2, 0.25) is 5.76 Å². The van der Waals surface area contributed by atoms with Gasteiger partial charge in [-0.15, -0.1) is 0 Å². The number of aliphatic hydroxyl groups is 1. The highest BCUT2D eigenvalue weighted by Crippen LogP contribution is 2.13. The molecule has 0 radical (unpaired) electrons. The predicted octanol–water partition coefficient (Wildman–Crippen LogP) is 1.77. The SMILES string of the molecule is COC(=O)/C(O)=C/c1ccc(OC)cc1. The third kappa shape index (κ3) is 3.02. The van der Waals surface area contributed by atoms with Crippen LogP contribution >= 0.6 is 0 Å². The Hall–Kier alpha value is -1.97. The van der Waals surface area contributed by atoms with E-state index in [1.807, 2.05) is 0 Å². The normalized spacial score (nSPS) is 10.9. The van der Waals surface area contributed by atoms with Gasteiger partial charge in [-0.1, -0.05) is 12.1 Å². The lowest BCUT2D eigenvalue weighted by molar-refractivity contribution is -0.138. The van der Waals surface area contributed by atoms with Crippen molar-refractivity contribution in [2.24, 2.45) is 0 Å². The summed E-state index contributed by atoms with van der Waals surface area (Å²) >= 11 is 0. The molecule has 1 aromatic carbocycles. The van der Waals surface area contributed by atoms with Crippen LogP contribution in [0.5, 0.6) is 5.75 Å². The fraction of sp³-hybridized carbons (Fsp3) is 0.182. The van der Waals surface area contributed by atoms with Gasteiger partial charge in [0.1, 0.15) is 5.75 Å². The monoisotopic (exact) mass is 208 g/mol. The molecule has 0 atom stereocenters. The van der Waals surface area contributed by atoms with Gasteiger partial charge in [0.15, 0.2) is 0 Å². The van der Waals surface area contributed by atoms with Crippen LogP contribution in [0.2, 0.25) is 0 Å². The van der Waals surface area contributed by atoms with E-state index < -0.39 is 11.7 Å². The van der Waals surface area contributed by atoms with Crippen LogP contribution < -0.4 is 4.74 Å². The Morgan fingerprint density at radius 3 is 2.33 bits per heavy atom. The first-order valence-corrected chi connectivity index (χ1v) is 4.30. The van der Waals surface area contributed by atoms with Crippen LogP contribution in [0.1, 0.15) is 5.56 Å². The van der Waals surface area contributed by atoms with Crippen molar-refractivity contribution in [3.8, 4) is 5.75 Å². The molecular formula is C11H12O4. The summed E-state index contributed by atoms with van der Waals surface area (Å²) in [6.45, 7) is 0. The highest BCUT2D eigenvalue weighted by Gasteiger charge is 2.06. The van der Waals surface area contributed by atoms with Gasteiger partial charge < -0.3 is 14.6 Å². The second-order valence-corrected chi connectivity index (χ2v) is 2.79. The number of hydrogen-bond donors (Lipinski definition) is 1. The highest BCUT2D eigenvalue weighted by molar-refractivity contribution is 5.90. The summed E-state index contributed by atoms with van der Waals surface area (Å²) in [5, 5.41) is 9.25. The van der Waals surface area contributed by atoms with Gasteiger partial charge in [-0.2, -0.15) is 0 Å². The number of hydrogen-bond acceptors (Lipinski definition) is 4. The van der Waals surface area contributed by atoms with Crippen LogP contribution in [0.3, 0.4) is 0 Å². The average Bonchev–Trinajstić information content (AvgIpc) is 2.29. The Kier molecular flexibility index (Phi) is 3.74. The smallest absolute Gasteiger partial charge is 0.373 e. The molecule has 1 aromatic rings. The predicted molar refractivity (Wildman–Crippen MR) is 55.6 cm³/mol. The fourth-order valence-electron chi connectivity index (χ4n) is 1.02. The highest BCUT2D eigenvalue weighted by atomic mass is 16.5. The number of rotatable bonds is 3. The van der Waals surface area contributed by atoms with Gasteiger partial charge in [-0.25, -0.2) is 4.79 Å². The van der Waals surface area contributed by atoms with Crippen molar-refractivity contribution < 1.29 is 19.4 Å². The largest absolute Gasteiger partial charge is 0.502 e. The molecule has 0 aromatic heterocycles. The van der Waals surface area contributed by atoms with E-state index in [9.17, 15) is 9.90 Å². The van der Waals surface area contributed by atoms with Gasteiger partial charge in [0.05, 0.1) is 14.2 Å². The topological polar surface area (TPSA) is 55.8 Å². The number of carbonyl (C=O) groups is 1. The second-order valence-electron chi connectivity index (χ2n) is 2.79. The molecule has 0 fully saturated rings. The maximum absolute atomic E-state index is 10.9. The van der Waals surface area contributed by atoms with Gasteiger partial charge in [-0.3, -0.25) is 0 Å². The van der Waals surface area contributed by atoms with Crippen LogP contribution in [0.25, 0.3) is 6.08 Å². The minimum Gasteiger partial charge on any atom is -0.502 e. The quantitative estimate of drug-likeness (QED) is 0.467. The van der Waals surface area contributed by atoms with Gasteiger partial charge in [0, 0.05) is 0 Å². The number of benzene rings is 1. The van der Waals surface area contributed by atoms with E-state index in [0.29, 0.717) is 11.3 Å². The average molecular weight is 208 g/mol. The molecule has 0 unspecified atom stereocenters. The van der Waals surface area contributed by atoms with Crippen LogP contribution in [0.4, 0.5) is 0 Å². The van der Waals surface area contributed by atoms with E-state index in [4.69, 9.17) is 4.74 Å². The lowest BCUT2D eigenvalue weighted by Crippen LogP contribution is -2.03. The van der Waals surface area contributed by atoms with Crippen molar-refractivity contribution in [3.05, 3.63) is 35.6 Å². The van der Waals surface area contributed by atoms with Crippen LogP contribution in [0, 0.1) is 0 Å². The van der Waals surface area contributed by atoms with Crippen molar-refractivity contribution in [1.29, 1.82) is 0 Å². The molecule has 0 bridgehead atoms. The Balaban J connectivity index is 2.84. The Morgan fingerprint density at radius 2 is 1.87 bits per heavy atom. The molecule has 0 spiro atoms. The Bertz CT molecular complexity index is 365. The molecule has 15 heavy (non-hydrogen) atoms. The number of aliphatic hydroxyl groups excluding tert-OH is 1. The Labute approximate surface area is 87.7 Å². The summed E-state index contributed by atoms with van der Waals surface area (Å²) in [7, 11) is 2.77.